The van der Waals surface area contributed by atoms with Crippen molar-refractivity contribution in [1.82, 2.24) is 9.88 Å². The zero-order valence-corrected chi connectivity index (χ0v) is 16.3. The van der Waals surface area contributed by atoms with Crippen molar-refractivity contribution in [1.29, 1.82) is 0 Å². The molecule has 0 bridgehead atoms. The van der Waals surface area contributed by atoms with Crippen LogP contribution in [0.3, 0.4) is 0 Å². The van der Waals surface area contributed by atoms with E-state index in [9.17, 15) is 0 Å². The van der Waals surface area contributed by atoms with Gasteiger partial charge in [0, 0.05) is 16.5 Å². The minimum absolute atomic E-state index is 0.128. The molecule has 0 aliphatic carbocycles. The first kappa shape index (κ1) is 18.1. The summed E-state index contributed by atoms with van der Waals surface area (Å²) in [6, 6.07) is 21.6. The molecule has 1 aliphatic rings. The lowest BCUT2D eigenvalue weighted by molar-refractivity contribution is 0.0408. The van der Waals surface area contributed by atoms with Crippen LogP contribution in [0.25, 0.3) is 10.9 Å². The Kier molecular flexibility index (Phi) is 5.24. The van der Waals surface area contributed by atoms with E-state index in [1.165, 1.54) is 16.5 Å². The minimum Gasteiger partial charge on any atom is -0.376 e. The topological polar surface area (TPSA) is 25.4 Å². The molecule has 0 saturated carbocycles. The van der Waals surface area contributed by atoms with Crippen LogP contribution in [0, 0.1) is 6.92 Å². The molecular formula is C24H28N2O. The van der Waals surface area contributed by atoms with Gasteiger partial charge in [0.05, 0.1) is 18.7 Å². The first-order valence-corrected chi connectivity index (χ1v) is 9.83. The Hall–Kier alpha value is -2.23. The second kappa shape index (κ2) is 7.79. The molecule has 140 valence electrons. The van der Waals surface area contributed by atoms with Crippen molar-refractivity contribution in [2.45, 2.75) is 31.8 Å². The Labute approximate surface area is 162 Å². The first-order chi connectivity index (χ1) is 13.1. The lowest BCUT2D eigenvalue weighted by atomic mass is 9.73. The van der Waals surface area contributed by atoms with Crippen LogP contribution in [0.15, 0.2) is 60.7 Å². The van der Waals surface area contributed by atoms with Gasteiger partial charge in [-0.05, 0) is 69.2 Å². The number of hydrogen-bond acceptors (Lipinski definition) is 3. The number of benzene rings is 2. The van der Waals surface area contributed by atoms with E-state index < -0.39 is 0 Å². The van der Waals surface area contributed by atoms with Gasteiger partial charge in [-0.1, -0.05) is 42.5 Å². The van der Waals surface area contributed by atoms with Gasteiger partial charge in [-0.3, -0.25) is 4.98 Å². The Morgan fingerprint density at radius 1 is 1.00 bits per heavy atom. The molecule has 1 fully saturated rings. The maximum atomic E-state index is 6.29. The van der Waals surface area contributed by atoms with E-state index in [1.807, 2.05) is 6.92 Å². The third kappa shape index (κ3) is 4.05. The maximum Gasteiger partial charge on any atom is 0.0717 e. The van der Waals surface area contributed by atoms with Gasteiger partial charge in [-0.15, -0.1) is 0 Å². The average molecular weight is 361 g/mol. The standard InChI is InChI=1S/C24H28N2O/c1-19-8-10-21-16-20(9-11-23(21)25-19)17-27-18-24(12-14-26(2)15-13-24)22-6-4-3-5-7-22/h3-11,16H,12-15,17-18H2,1-2H3. The summed E-state index contributed by atoms with van der Waals surface area (Å²) >= 11 is 0. The van der Waals surface area contributed by atoms with Crippen LogP contribution in [-0.4, -0.2) is 36.6 Å². The highest BCUT2D eigenvalue weighted by molar-refractivity contribution is 5.79. The van der Waals surface area contributed by atoms with E-state index in [0.717, 1.165) is 43.7 Å². The molecule has 1 aromatic heterocycles. The van der Waals surface area contributed by atoms with Crippen molar-refractivity contribution in [3.05, 3.63) is 77.5 Å². The molecule has 2 aromatic carbocycles. The van der Waals surface area contributed by atoms with E-state index in [-0.39, 0.29) is 5.41 Å². The molecule has 0 N–H and O–H groups in total. The van der Waals surface area contributed by atoms with Gasteiger partial charge >= 0.3 is 0 Å². The van der Waals surface area contributed by atoms with Crippen LogP contribution >= 0.6 is 0 Å². The normalized spacial score (nSPS) is 17.3. The Morgan fingerprint density at radius 2 is 1.78 bits per heavy atom. The summed E-state index contributed by atoms with van der Waals surface area (Å²) in [6.07, 6.45) is 2.29. The smallest absolute Gasteiger partial charge is 0.0717 e. The summed E-state index contributed by atoms with van der Waals surface area (Å²) < 4.78 is 6.29. The van der Waals surface area contributed by atoms with Gasteiger partial charge in [-0.25, -0.2) is 0 Å². The third-order valence-corrected chi connectivity index (χ3v) is 5.87. The molecule has 0 atom stereocenters. The molecule has 2 heterocycles. The quantitative estimate of drug-likeness (QED) is 0.658. The van der Waals surface area contributed by atoms with Gasteiger partial charge in [0.2, 0.25) is 0 Å². The fourth-order valence-corrected chi connectivity index (χ4v) is 4.09. The van der Waals surface area contributed by atoms with Gasteiger partial charge in [0.25, 0.3) is 0 Å². The number of piperidine rings is 1. The summed E-state index contributed by atoms with van der Waals surface area (Å²) in [5.41, 5.74) is 4.86. The van der Waals surface area contributed by atoms with Crippen molar-refractivity contribution in [3.63, 3.8) is 0 Å². The zero-order chi connectivity index (χ0) is 18.7. The monoisotopic (exact) mass is 360 g/mol. The van der Waals surface area contributed by atoms with E-state index in [0.29, 0.717) is 6.61 Å². The van der Waals surface area contributed by atoms with Crippen LogP contribution in [0.1, 0.15) is 29.7 Å². The number of nitrogens with zero attached hydrogens (tertiary/aromatic N) is 2. The highest BCUT2D eigenvalue weighted by Crippen LogP contribution is 2.35. The van der Waals surface area contributed by atoms with Crippen LogP contribution in [-0.2, 0) is 16.8 Å². The minimum atomic E-state index is 0.128. The molecule has 1 saturated heterocycles. The predicted molar refractivity (Wildman–Crippen MR) is 111 cm³/mol. The lowest BCUT2D eigenvalue weighted by Gasteiger charge is -2.41. The molecular weight excluding hydrogens is 332 g/mol. The maximum absolute atomic E-state index is 6.29. The molecule has 0 spiro atoms. The highest BCUT2D eigenvalue weighted by atomic mass is 16.5. The molecule has 3 aromatic rings. The fourth-order valence-electron chi connectivity index (χ4n) is 4.09. The lowest BCUT2D eigenvalue weighted by Crippen LogP contribution is -2.43. The number of likely N-dealkylation sites (tertiary alicyclic amines) is 1. The summed E-state index contributed by atoms with van der Waals surface area (Å²) in [4.78, 5) is 7.00. The summed E-state index contributed by atoms with van der Waals surface area (Å²) in [6.45, 7) is 5.70. The fraction of sp³-hybridized carbons (Fsp3) is 0.375. The molecule has 0 radical (unpaired) electrons. The van der Waals surface area contributed by atoms with E-state index >= 15 is 0 Å². The average Bonchev–Trinajstić information content (AvgIpc) is 2.70. The summed E-state index contributed by atoms with van der Waals surface area (Å²) in [7, 11) is 2.21. The zero-order valence-electron chi connectivity index (χ0n) is 16.3. The van der Waals surface area contributed by atoms with Crippen LogP contribution in [0.5, 0.6) is 0 Å². The number of hydrogen-bond donors (Lipinski definition) is 0. The predicted octanol–water partition coefficient (Wildman–Crippen LogP) is 4.72. The molecule has 3 nitrogen and oxygen atoms in total. The Morgan fingerprint density at radius 3 is 2.56 bits per heavy atom. The highest BCUT2D eigenvalue weighted by Gasteiger charge is 2.35. The van der Waals surface area contributed by atoms with Gasteiger partial charge in [0.1, 0.15) is 0 Å². The molecule has 1 aliphatic heterocycles. The largest absolute Gasteiger partial charge is 0.376 e. The van der Waals surface area contributed by atoms with Gasteiger partial charge in [0.15, 0.2) is 0 Å². The van der Waals surface area contributed by atoms with Crippen LogP contribution in [0.4, 0.5) is 0 Å². The van der Waals surface area contributed by atoms with Crippen LogP contribution < -0.4 is 0 Å². The van der Waals surface area contributed by atoms with Crippen molar-refractivity contribution in [2.24, 2.45) is 0 Å². The number of ether oxygens (including phenoxy) is 1. The number of pyridine rings is 1. The molecule has 27 heavy (non-hydrogen) atoms. The Bertz CT molecular complexity index is 899. The van der Waals surface area contributed by atoms with E-state index in [4.69, 9.17) is 4.74 Å². The number of fused-ring (bicyclic) bond motifs is 1. The second-order valence-corrected chi connectivity index (χ2v) is 7.92. The van der Waals surface area contributed by atoms with Crippen molar-refractivity contribution < 1.29 is 4.74 Å². The Balaban J connectivity index is 1.47. The van der Waals surface area contributed by atoms with Crippen LogP contribution in [0.2, 0.25) is 0 Å². The van der Waals surface area contributed by atoms with Crippen molar-refractivity contribution in [3.8, 4) is 0 Å². The number of rotatable bonds is 5. The molecule has 3 heteroatoms. The van der Waals surface area contributed by atoms with Gasteiger partial charge in [-0.2, -0.15) is 0 Å². The summed E-state index contributed by atoms with van der Waals surface area (Å²) in [5, 5.41) is 1.18. The molecule has 0 amide bonds. The van der Waals surface area contributed by atoms with Crippen molar-refractivity contribution >= 4 is 10.9 Å². The SMILES string of the molecule is Cc1ccc2cc(COCC3(c4ccccc4)CCN(C)CC3)ccc2n1. The first-order valence-electron chi connectivity index (χ1n) is 9.83. The number of aryl methyl sites for hydroxylation is 1. The molecule has 0 unspecified atom stereocenters. The third-order valence-electron chi connectivity index (χ3n) is 5.87. The van der Waals surface area contributed by atoms with Crippen molar-refractivity contribution in [2.75, 3.05) is 26.7 Å². The summed E-state index contributed by atoms with van der Waals surface area (Å²) in [5.74, 6) is 0. The van der Waals surface area contributed by atoms with Gasteiger partial charge < -0.3 is 9.64 Å². The number of aromatic nitrogens is 1. The molecule has 4 rings (SSSR count). The second-order valence-electron chi connectivity index (χ2n) is 7.92. The van der Waals surface area contributed by atoms with E-state index in [1.54, 1.807) is 0 Å². The van der Waals surface area contributed by atoms with E-state index in [2.05, 4.69) is 77.6 Å².